The summed E-state index contributed by atoms with van der Waals surface area (Å²) < 4.78 is 12.5. The first-order valence-corrected chi connectivity index (χ1v) is 3.74. The van der Waals surface area contributed by atoms with Gasteiger partial charge in [0.05, 0.1) is 9.95 Å². The molecule has 0 aromatic heterocycles. The van der Waals surface area contributed by atoms with E-state index in [1.54, 1.807) is 0 Å². The highest BCUT2D eigenvalue weighted by Crippen LogP contribution is 2.18. The van der Waals surface area contributed by atoms with Crippen LogP contribution >= 0.6 is 11.6 Å². The van der Waals surface area contributed by atoms with E-state index in [-0.39, 0.29) is 5.02 Å². The van der Waals surface area contributed by atoms with Crippen molar-refractivity contribution in [3.8, 4) is 0 Å². The fourth-order valence-electron chi connectivity index (χ4n) is 0.778. The minimum atomic E-state index is -0.611. The van der Waals surface area contributed by atoms with Crippen LogP contribution in [0, 0.1) is 15.9 Å². The summed E-state index contributed by atoms with van der Waals surface area (Å²) >= 11 is 5.60. The Morgan fingerprint density at radius 2 is 2.23 bits per heavy atom. The van der Waals surface area contributed by atoms with E-state index in [1.165, 1.54) is 18.2 Å². The number of benzene rings is 1. The monoisotopic (exact) mass is 201 g/mol. The van der Waals surface area contributed by atoms with E-state index in [4.69, 9.17) is 11.6 Å². The van der Waals surface area contributed by atoms with Crippen LogP contribution in [0.3, 0.4) is 0 Å². The molecule has 68 valence electrons. The van der Waals surface area contributed by atoms with Crippen molar-refractivity contribution in [1.82, 2.24) is 0 Å². The Morgan fingerprint density at radius 1 is 1.54 bits per heavy atom. The zero-order valence-corrected chi connectivity index (χ0v) is 7.16. The predicted octanol–water partition coefficient (Wildman–Crippen LogP) is 2.73. The Labute approximate surface area is 78.6 Å². The van der Waals surface area contributed by atoms with E-state index in [9.17, 15) is 14.5 Å². The molecule has 0 radical (unpaired) electrons. The number of nitro groups is 1. The van der Waals surface area contributed by atoms with E-state index in [2.05, 4.69) is 0 Å². The standard InChI is InChI=1S/C8H5ClFNO2/c9-8-5-7(10)2-1-6(8)3-4-11(12)13/h1-5H. The van der Waals surface area contributed by atoms with Crippen molar-refractivity contribution in [2.75, 3.05) is 0 Å². The average Bonchev–Trinajstić information content (AvgIpc) is 2.02. The zero-order valence-electron chi connectivity index (χ0n) is 6.41. The molecule has 0 bridgehead atoms. The van der Waals surface area contributed by atoms with Crippen LogP contribution in [0.1, 0.15) is 5.56 Å². The second-order valence-corrected chi connectivity index (χ2v) is 2.67. The SMILES string of the molecule is O=[N+]([O-])C=Cc1ccc(F)cc1Cl. The molecular weight excluding hydrogens is 197 g/mol. The lowest BCUT2D eigenvalue weighted by Crippen LogP contribution is -1.83. The van der Waals surface area contributed by atoms with Crippen molar-refractivity contribution in [3.63, 3.8) is 0 Å². The molecule has 0 aliphatic rings. The number of halogens is 2. The normalized spacial score (nSPS) is 10.6. The molecule has 0 amide bonds. The highest BCUT2D eigenvalue weighted by Gasteiger charge is 1.99. The molecule has 1 aromatic rings. The Morgan fingerprint density at radius 3 is 2.77 bits per heavy atom. The third-order valence-electron chi connectivity index (χ3n) is 1.34. The van der Waals surface area contributed by atoms with Crippen LogP contribution in [0.5, 0.6) is 0 Å². The molecule has 0 fully saturated rings. The van der Waals surface area contributed by atoms with Gasteiger partial charge in [0.15, 0.2) is 0 Å². The van der Waals surface area contributed by atoms with Crippen molar-refractivity contribution in [3.05, 3.63) is 50.9 Å². The molecule has 13 heavy (non-hydrogen) atoms. The van der Waals surface area contributed by atoms with Crippen molar-refractivity contribution in [2.24, 2.45) is 0 Å². The van der Waals surface area contributed by atoms with Crippen LogP contribution in [-0.4, -0.2) is 4.92 Å². The molecule has 0 unspecified atom stereocenters. The van der Waals surface area contributed by atoms with E-state index in [0.29, 0.717) is 5.56 Å². The topological polar surface area (TPSA) is 43.1 Å². The first-order valence-electron chi connectivity index (χ1n) is 3.36. The van der Waals surface area contributed by atoms with Gasteiger partial charge < -0.3 is 0 Å². The summed E-state index contributed by atoms with van der Waals surface area (Å²) in [6.07, 6.45) is 1.96. The lowest BCUT2D eigenvalue weighted by atomic mass is 10.2. The summed E-state index contributed by atoms with van der Waals surface area (Å²) in [4.78, 5) is 9.34. The summed E-state index contributed by atoms with van der Waals surface area (Å²) in [5.74, 6) is -0.469. The fourth-order valence-corrected chi connectivity index (χ4v) is 1.01. The Kier molecular flexibility index (Phi) is 2.97. The first-order chi connectivity index (χ1) is 6.09. The second kappa shape index (κ2) is 4.00. The lowest BCUT2D eigenvalue weighted by molar-refractivity contribution is -0.400. The first kappa shape index (κ1) is 9.67. The maximum absolute atomic E-state index is 12.5. The van der Waals surface area contributed by atoms with Gasteiger partial charge in [-0.25, -0.2) is 4.39 Å². The van der Waals surface area contributed by atoms with Crippen LogP contribution in [-0.2, 0) is 0 Å². The molecule has 1 rings (SSSR count). The highest BCUT2D eigenvalue weighted by molar-refractivity contribution is 6.32. The van der Waals surface area contributed by atoms with E-state index in [0.717, 1.165) is 12.3 Å². The third kappa shape index (κ3) is 2.83. The second-order valence-electron chi connectivity index (χ2n) is 2.27. The van der Waals surface area contributed by atoms with Gasteiger partial charge in [-0.2, -0.15) is 0 Å². The summed E-state index contributed by atoms with van der Waals surface area (Å²) in [6.45, 7) is 0. The summed E-state index contributed by atoms with van der Waals surface area (Å²) in [5.41, 5.74) is 0.416. The molecule has 3 nitrogen and oxygen atoms in total. The highest BCUT2D eigenvalue weighted by atomic mass is 35.5. The lowest BCUT2D eigenvalue weighted by Gasteiger charge is -1.95. The number of nitrogens with zero attached hydrogens (tertiary/aromatic N) is 1. The molecule has 0 saturated heterocycles. The van der Waals surface area contributed by atoms with E-state index in [1.807, 2.05) is 0 Å². The van der Waals surface area contributed by atoms with Gasteiger partial charge in [-0.3, -0.25) is 10.1 Å². The van der Waals surface area contributed by atoms with Gasteiger partial charge in [-0.1, -0.05) is 17.7 Å². The minimum Gasteiger partial charge on any atom is -0.259 e. The number of hydrogen-bond donors (Lipinski definition) is 0. The van der Waals surface area contributed by atoms with Crippen LogP contribution in [0.15, 0.2) is 24.4 Å². The van der Waals surface area contributed by atoms with Crippen LogP contribution in [0.2, 0.25) is 5.02 Å². The Balaban J connectivity index is 2.96. The molecule has 0 spiro atoms. The number of rotatable bonds is 2. The number of hydrogen-bond acceptors (Lipinski definition) is 2. The van der Waals surface area contributed by atoms with Crippen LogP contribution in [0.25, 0.3) is 6.08 Å². The molecule has 0 N–H and O–H groups in total. The minimum absolute atomic E-state index is 0.151. The van der Waals surface area contributed by atoms with Gasteiger partial charge in [-0.05, 0) is 17.7 Å². The molecule has 0 saturated carbocycles. The fraction of sp³-hybridized carbons (Fsp3) is 0. The molecule has 0 atom stereocenters. The molecular formula is C8H5ClFNO2. The van der Waals surface area contributed by atoms with Gasteiger partial charge in [0.1, 0.15) is 5.82 Å². The quantitative estimate of drug-likeness (QED) is 0.545. The van der Waals surface area contributed by atoms with Crippen molar-refractivity contribution in [2.45, 2.75) is 0 Å². The maximum Gasteiger partial charge on any atom is 0.235 e. The maximum atomic E-state index is 12.5. The van der Waals surface area contributed by atoms with E-state index >= 15 is 0 Å². The third-order valence-corrected chi connectivity index (χ3v) is 1.67. The van der Waals surface area contributed by atoms with Gasteiger partial charge in [0.25, 0.3) is 0 Å². The van der Waals surface area contributed by atoms with Gasteiger partial charge in [0, 0.05) is 6.08 Å². The van der Waals surface area contributed by atoms with Crippen LogP contribution in [0.4, 0.5) is 4.39 Å². The summed E-state index contributed by atoms with van der Waals surface area (Å²) in [7, 11) is 0. The van der Waals surface area contributed by atoms with Gasteiger partial charge >= 0.3 is 0 Å². The molecule has 0 aliphatic heterocycles. The van der Waals surface area contributed by atoms with Crippen molar-refractivity contribution < 1.29 is 9.31 Å². The predicted molar refractivity (Wildman–Crippen MR) is 47.4 cm³/mol. The Hall–Kier alpha value is -1.42. The zero-order chi connectivity index (χ0) is 9.84. The summed E-state index contributed by atoms with van der Waals surface area (Å²) in [5, 5.41) is 10.1. The van der Waals surface area contributed by atoms with Gasteiger partial charge in [0.2, 0.25) is 6.20 Å². The smallest absolute Gasteiger partial charge is 0.235 e. The molecule has 0 heterocycles. The summed E-state index contributed by atoms with van der Waals surface area (Å²) in [6, 6.07) is 3.66. The van der Waals surface area contributed by atoms with Crippen molar-refractivity contribution in [1.29, 1.82) is 0 Å². The van der Waals surface area contributed by atoms with Crippen molar-refractivity contribution >= 4 is 17.7 Å². The molecule has 5 heteroatoms. The Bertz CT molecular complexity index is 365. The average molecular weight is 202 g/mol. The van der Waals surface area contributed by atoms with Gasteiger partial charge in [-0.15, -0.1) is 0 Å². The largest absolute Gasteiger partial charge is 0.259 e. The molecule has 1 aromatic carbocycles. The van der Waals surface area contributed by atoms with Crippen LogP contribution < -0.4 is 0 Å². The van der Waals surface area contributed by atoms with E-state index < -0.39 is 10.7 Å². The molecule has 0 aliphatic carbocycles.